The van der Waals surface area contributed by atoms with Gasteiger partial charge < -0.3 is 24.5 Å². The van der Waals surface area contributed by atoms with Gasteiger partial charge in [-0.15, -0.1) is 0 Å². The molecule has 1 unspecified atom stereocenters. The number of likely N-dealkylation sites (tertiary alicyclic amines) is 1. The van der Waals surface area contributed by atoms with Gasteiger partial charge in [-0.2, -0.15) is 0 Å². The molecule has 180 valence electrons. The monoisotopic (exact) mass is 465 g/mol. The maximum absolute atomic E-state index is 14.0. The molecule has 1 spiro atoms. The molecule has 0 bridgehead atoms. The van der Waals surface area contributed by atoms with E-state index in [-0.39, 0.29) is 30.9 Å². The summed E-state index contributed by atoms with van der Waals surface area (Å²) in [6.45, 7) is 2.89. The molecule has 34 heavy (non-hydrogen) atoms. The minimum absolute atomic E-state index is 0.00950. The van der Waals surface area contributed by atoms with Crippen LogP contribution in [0.4, 0.5) is 0 Å². The molecule has 2 saturated heterocycles. The number of fused-ring (bicyclic) bond motifs is 2. The summed E-state index contributed by atoms with van der Waals surface area (Å²) in [5.41, 5.74) is -1.25. The highest BCUT2D eigenvalue weighted by Crippen LogP contribution is 2.58. The summed E-state index contributed by atoms with van der Waals surface area (Å²) in [4.78, 5) is 46.2. The second kappa shape index (κ2) is 8.36. The van der Waals surface area contributed by atoms with E-state index in [1.54, 1.807) is 16.8 Å². The highest BCUT2D eigenvalue weighted by atomic mass is 16.5. The number of aliphatic hydroxyl groups excluding tert-OH is 1. The summed E-state index contributed by atoms with van der Waals surface area (Å²) in [6, 6.07) is 8.75. The normalized spacial score (nSPS) is 34.7. The van der Waals surface area contributed by atoms with Gasteiger partial charge in [-0.25, -0.2) is 0 Å². The Labute approximate surface area is 199 Å². The zero-order valence-corrected chi connectivity index (χ0v) is 19.6. The maximum Gasteiger partial charge on any atom is 0.249 e. The fraction of sp³-hybridized carbons (Fsp3) is 0.500. The number of β-amino-alcohol motifs (C(OH)–C–C–N with tert-alkyl or cyclic N) is 1. The van der Waals surface area contributed by atoms with Crippen molar-refractivity contribution in [3.8, 4) is 0 Å². The van der Waals surface area contributed by atoms with Crippen LogP contribution in [-0.4, -0.2) is 88.1 Å². The topological polar surface area (TPSA) is 90.4 Å². The van der Waals surface area contributed by atoms with Gasteiger partial charge in [0.25, 0.3) is 0 Å². The second-order valence-electron chi connectivity index (χ2n) is 9.61. The molecule has 4 heterocycles. The molecular weight excluding hydrogens is 434 g/mol. The molecule has 0 saturated carbocycles. The van der Waals surface area contributed by atoms with E-state index >= 15 is 0 Å². The van der Waals surface area contributed by atoms with Gasteiger partial charge in [-0.1, -0.05) is 61.6 Å². The van der Waals surface area contributed by atoms with Crippen molar-refractivity contribution in [3.63, 3.8) is 0 Å². The summed E-state index contributed by atoms with van der Waals surface area (Å²) in [6.07, 6.45) is 8.05. The van der Waals surface area contributed by atoms with Crippen molar-refractivity contribution in [3.05, 3.63) is 60.2 Å². The molecule has 8 nitrogen and oxygen atoms in total. The van der Waals surface area contributed by atoms with E-state index in [1.807, 2.05) is 61.6 Å². The first-order valence-electron chi connectivity index (χ1n) is 11.9. The molecular formula is C26H31N3O5. The molecule has 1 aromatic carbocycles. The molecule has 4 aliphatic heterocycles. The van der Waals surface area contributed by atoms with Crippen molar-refractivity contribution in [2.45, 2.75) is 37.1 Å². The zero-order chi connectivity index (χ0) is 24.1. The van der Waals surface area contributed by atoms with Crippen LogP contribution in [0.15, 0.2) is 54.6 Å². The van der Waals surface area contributed by atoms with Gasteiger partial charge in [-0.3, -0.25) is 14.4 Å². The van der Waals surface area contributed by atoms with Crippen molar-refractivity contribution < 1.29 is 24.2 Å². The number of hydrogen-bond acceptors (Lipinski definition) is 5. The molecule has 8 heteroatoms. The van der Waals surface area contributed by atoms with Gasteiger partial charge in [0.05, 0.1) is 24.0 Å². The second-order valence-corrected chi connectivity index (χ2v) is 9.61. The van der Waals surface area contributed by atoms with Gasteiger partial charge in [0, 0.05) is 33.2 Å². The predicted molar refractivity (Wildman–Crippen MR) is 124 cm³/mol. The molecule has 0 radical (unpaired) electrons. The number of carbonyl (C=O) groups is 3. The third kappa shape index (κ3) is 3.15. The van der Waals surface area contributed by atoms with Crippen LogP contribution in [0.3, 0.4) is 0 Å². The summed E-state index contributed by atoms with van der Waals surface area (Å²) in [5, 5.41) is 9.76. The lowest BCUT2D eigenvalue weighted by molar-refractivity contribution is -0.154. The summed E-state index contributed by atoms with van der Waals surface area (Å²) in [7, 11) is 1.72. The number of nitrogens with zero attached hydrogens (tertiary/aromatic N) is 3. The van der Waals surface area contributed by atoms with Crippen LogP contribution in [0.25, 0.3) is 0 Å². The van der Waals surface area contributed by atoms with Gasteiger partial charge in [0.1, 0.15) is 11.6 Å². The van der Waals surface area contributed by atoms with Gasteiger partial charge in [0.15, 0.2) is 0 Å². The Balaban J connectivity index is 1.61. The van der Waals surface area contributed by atoms with Gasteiger partial charge in [-0.05, 0) is 12.0 Å². The van der Waals surface area contributed by atoms with Crippen LogP contribution >= 0.6 is 0 Å². The smallest absolute Gasteiger partial charge is 0.249 e. The van der Waals surface area contributed by atoms with Crippen LogP contribution in [0.2, 0.25) is 0 Å². The number of hydrogen-bond donors (Lipinski definition) is 1. The highest BCUT2D eigenvalue weighted by Gasteiger charge is 2.75. The molecule has 5 rings (SSSR count). The number of aliphatic hydroxyl groups is 1. The molecule has 1 aromatic rings. The van der Waals surface area contributed by atoms with Crippen LogP contribution in [-0.2, 0) is 25.7 Å². The van der Waals surface area contributed by atoms with Gasteiger partial charge in [0.2, 0.25) is 17.7 Å². The Morgan fingerprint density at radius 1 is 1.00 bits per heavy atom. The van der Waals surface area contributed by atoms with E-state index in [0.29, 0.717) is 26.1 Å². The summed E-state index contributed by atoms with van der Waals surface area (Å²) in [5.74, 6) is -2.27. The molecule has 4 aliphatic rings. The largest absolute Gasteiger partial charge is 0.395 e. The van der Waals surface area contributed by atoms with Crippen LogP contribution in [0.5, 0.6) is 0 Å². The zero-order valence-electron chi connectivity index (χ0n) is 19.6. The number of carbonyl (C=O) groups excluding carboxylic acids is 3. The van der Waals surface area contributed by atoms with Crippen molar-refractivity contribution in [2.75, 3.05) is 33.3 Å². The molecule has 1 N–H and O–H groups in total. The number of ether oxygens (including phenoxy) is 1. The quantitative estimate of drug-likeness (QED) is 0.655. The fourth-order valence-electron chi connectivity index (χ4n) is 6.22. The van der Waals surface area contributed by atoms with Crippen LogP contribution < -0.4 is 0 Å². The first-order valence-corrected chi connectivity index (χ1v) is 11.9. The Morgan fingerprint density at radius 3 is 2.44 bits per heavy atom. The first kappa shape index (κ1) is 22.8. The average molecular weight is 466 g/mol. The summed E-state index contributed by atoms with van der Waals surface area (Å²) < 4.78 is 6.80. The molecule has 5 atom stereocenters. The SMILES string of the molecule is CC[C@@]12C=CCN(C)C(=O)[C@@H]1[C@H]1C(=O)N(CCO)C3C(=O)N(Cc4ccccc4)CC=C[C@@]31O2. The Kier molecular flexibility index (Phi) is 5.61. The van der Waals surface area contributed by atoms with Crippen LogP contribution in [0, 0.1) is 11.8 Å². The molecule has 3 amide bonds. The van der Waals surface area contributed by atoms with Crippen molar-refractivity contribution >= 4 is 17.7 Å². The minimum atomic E-state index is -1.27. The Morgan fingerprint density at radius 2 is 1.74 bits per heavy atom. The average Bonchev–Trinajstić information content (AvgIpc) is 3.13. The van der Waals surface area contributed by atoms with E-state index < -0.39 is 29.1 Å². The molecule has 0 aromatic heterocycles. The van der Waals surface area contributed by atoms with E-state index in [2.05, 4.69) is 0 Å². The maximum atomic E-state index is 14.0. The van der Waals surface area contributed by atoms with E-state index in [4.69, 9.17) is 4.74 Å². The molecule has 0 aliphatic carbocycles. The van der Waals surface area contributed by atoms with Crippen molar-refractivity contribution in [2.24, 2.45) is 11.8 Å². The number of amides is 3. The van der Waals surface area contributed by atoms with E-state index in [9.17, 15) is 19.5 Å². The Bertz CT molecular complexity index is 1060. The number of rotatable bonds is 5. The minimum Gasteiger partial charge on any atom is -0.395 e. The highest BCUT2D eigenvalue weighted by molar-refractivity contribution is 6.00. The third-order valence-electron chi connectivity index (χ3n) is 7.78. The Hall–Kier alpha value is -2.97. The third-order valence-corrected chi connectivity index (χ3v) is 7.78. The standard InChI is InChI=1S/C26H31N3O5/c1-3-25-11-7-13-27(2)22(31)19(25)20-23(32)29(15-16-30)21-24(33)28(14-8-12-26(20,21)34-25)17-18-9-5-4-6-10-18/h4-12,19-21,30H,3,13-17H2,1-2H3/t19-,20-,21?,25+,26-/m0/s1. The first-order chi connectivity index (χ1) is 16.4. The van der Waals surface area contributed by atoms with E-state index in [0.717, 1.165) is 5.56 Å². The van der Waals surface area contributed by atoms with Crippen LogP contribution in [0.1, 0.15) is 18.9 Å². The molecule has 2 fully saturated rings. The lowest BCUT2D eigenvalue weighted by atomic mass is 9.73. The van der Waals surface area contributed by atoms with Crippen molar-refractivity contribution in [1.29, 1.82) is 0 Å². The fourth-order valence-corrected chi connectivity index (χ4v) is 6.22. The summed E-state index contributed by atoms with van der Waals surface area (Å²) >= 11 is 0. The lowest BCUT2D eigenvalue weighted by Crippen LogP contribution is -2.56. The predicted octanol–water partition coefficient (Wildman–Crippen LogP) is 0.967. The van der Waals surface area contributed by atoms with Gasteiger partial charge >= 0.3 is 0 Å². The lowest BCUT2D eigenvalue weighted by Gasteiger charge is -2.38. The van der Waals surface area contributed by atoms with Crippen molar-refractivity contribution in [1.82, 2.24) is 14.7 Å². The van der Waals surface area contributed by atoms with E-state index in [1.165, 1.54) is 4.90 Å². The number of benzene rings is 1. The number of likely N-dealkylation sites (N-methyl/N-ethyl adjacent to an activating group) is 1.